The third-order valence-corrected chi connectivity index (χ3v) is 6.91. The molecule has 1 heterocycles. The van der Waals surface area contributed by atoms with Gasteiger partial charge in [-0.15, -0.1) is 0 Å². The molecule has 0 saturated carbocycles. The van der Waals surface area contributed by atoms with E-state index in [1.54, 1.807) is 18.2 Å². The zero-order valence-electron chi connectivity index (χ0n) is 22.2. The van der Waals surface area contributed by atoms with Gasteiger partial charge in [-0.2, -0.15) is 0 Å². The number of fused-ring (bicyclic) bond motifs is 1. The molecule has 0 aromatic heterocycles. The Kier molecular flexibility index (Phi) is 8.24. The quantitative estimate of drug-likeness (QED) is 0.229. The van der Waals surface area contributed by atoms with Crippen molar-refractivity contribution in [3.8, 4) is 5.75 Å². The Labute approximate surface area is 228 Å². The molecule has 4 nitrogen and oxygen atoms in total. The van der Waals surface area contributed by atoms with Crippen LogP contribution in [0.1, 0.15) is 42.2 Å². The van der Waals surface area contributed by atoms with Gasteiger partial charge < -0.3 is 19.5 Å². The van der Waals surface area contributed by atoms with Gasteiger partial charge >= 0.3 is 0 Å². The molecule has 2 atom stereocenters. The average Bonchev–Trinajstić information content (AvgIpc) is 2.92. The minimum Gasteiger partial charge on any atom is -0.485 e. The molecule has 1 aliphatic heterocycles. The molecule has 1 N–H and O–H groups in total. The third-order valence-electron chi connectivity index (χ3n) is 6.91. The Morgan fingerprint density at radius 2 is 1.54 bits per heavy atom. The van der Waals surface area contributed by atoms with Crippen LogP contribution in [0, 0.1) is 11.6 Å². The number of rotatable bonds is 10. The normalized spacial score (nSPS) is 17.7. The number of halogens is 2. The molecule has 2 unspecified atom stereocenters. The van der Waals surface area contributed by atoms with Crippen molar-refractivity contribution in [2.75, 3.05) is 11.9 Å². The number of hydrogen-bond acceptors (Lipinski definition) is 4. The molecule has 4 aromatic rings. The van der Waals surface area contributed by atoms with Crippen LogP contribution in [0.5, 0.6) is 5.75 Å². The minimum absolute atomic E-state index is 0.228. The van der Waals surface area contributed by atoms with E-state index in [0.29, 0.717) is 13.2 Å². The predicted octanol–water partition coefficient (Wildman–Crippen LogP) is 7.63. The maximum Gasteiger partial charge on any atom is 0.132 e. The highest BCUT2D eigenvalue weighted by atomic mass is 19.1. The smallest absolute Gasteiger partial charge is 0.132 e. The summed E-state index contributed by atoms with van der Waals surface area (Å²) < 4.78 is 46.5. The van der Waals surface area contributed by atoms with E-state index >= 15 is 0 Å². The fraction of sp³-hybridized carbons (Fsp3) is 0.273. The summed E-state index contributed by atoms with van der Waals surface area (Å²) >= 11 is 0. The van der Waals surface area contributed by atoms with Crippen LogP contribution in [-0.2, 0) is 29.0 Å². The van der Waals surface area contributed by atoms with Crippen LogP contribution < -0.4 is 10.1 Å². The molecule has 0 spiro atoms. The summed E-state index contributed by atoms with van der Waals surface area (Å²) in [5, 5.41) is 3.42. The van der Waals surface area contributed by atoms with Gasteiger partial charge in [0.05, 0.1) is 13.2 Å². The van der Waals surface area contributed by atoms with Gasteiger partial charge in [0.2, 0.25) is 0 Å². The lowest BCUT2D eigenvalue weighted by Gasteiger charge is -2.44. The second kappa shape index (κ2) is 12.0. The van der Waals surface area contributed by atoms with E-state index in [0.717, 1.165) is 34.5 Å². The lowest BCUT2D eigenvalue weighted by atomic mass is 9.87. The van der Waals surface area contributed by atoms with Gasteiger partial charge in [0.25, 0.3) is 0 Å². The molecular formula is C33H33F2NO3. The van der Waals surface area contributed by atoms with Crippen LogP contribution in [0.3, 0.4) is 0 Å². The largest absolute Gasteiger partial charge is 0.485 e. The van der Waals surface area contributed by atoms with Crippen molar-refractivity contribution < 1.29 is 23.0 Å². The highest BCUT2D eigenvalue weighted by molar-refractivity contribution is 5.54. The van der Waals surface area contributed by atoms with Crippen molar-refractivity contribution in [2.24, 2.45) is 0 Å². The standard InChI is InChI=1S/C33H33F2NO3/c1-33(2)32(38-22-25-9-6-10-27(35)19-25)31(37-18-17-23-7-4-3-5-8-23)29-20-28(15-16-30(29)39-33)36-21-24-11-13-26(34)14-12-24/h3-16,19-20,31-32,36H,17-18,21-22H2,1-2H3. The first-order valence-electron chi connectivity index (χ1n) is 13.2. The highest BCUT2D eigenvalue weighted by Gasteiger charge is 2.45. The highest BCUT2D eigenvalue weighted by Crippen LogP contribution is 2.44. The summed E-state index contributed by atoms with van der Waals surface area (Å²) in [7, 11) is 0. The van der Waals surface area contributed by atoms with Crippen molar-refractivity contribution in [2.45, 2.75) is 51.2 Å². The van der Waals surface area contributed by atoms with E-state index in [4.69, 9.17) is 14.2 Å². The summed E-state index contributed by atoms with van der Waals surface area (Å²) in [4.78, 5) is 0. The van der Waals surface area contributed by atoms with Crippen LogP contribution in [0.2, 0.25) is 0 Å². The first-order valence-corrected chi connectivity index (χ1v) is 13.2. The van der Waals surface area contributed by atoms with Crippen LogP contribution in [0.4, 0.5) is 14.5 Å². The van der Waals surface area contributed by atoms with E-state index in [-0.39, 0.29) is 18.2 Å². The van der Waals surface area contributed by atoms with Crippen molar-refractivity contribution >= 4 is 5.69 Å². The summed E-state index contributed by atoms with van der Waals surface area (Å²) in [6, 6.07) is 29.0. The molecule has 0 fully saturated rings. The van der Waals surface area contributed by atoms with Gasteiger partial charge in [-0.1, -0.05) is 54.6 Å². The molecule has 5 rings (SSSR count). The number of benzene rings is 4. The number of anilines is 1. The van der Waals surface area contributed by atoms with E-state index in [2.05, 4.69) is 17.4 Å². The van der Waals surface area contributed by atoms with Gasteiger partial charge in [0, 0.05) is 17.8 Å². The lowest BCUT2D eigenvalue weighted by Crippen LogP contribution is -2.51. The Morgan fingerprint density at radius 1 is 0.769 bits per heavy atom. The van der Waals surface area contributed by atoms with Gasteiger partial charge in [-0.05, 0) is 79.4 Å². The van der Waals surface area contributed by atoms with E-state index in [1.165, 1.54) is 29.8 Å². The summed E-state index contributed by atoms with van der Waals surface area (Å²) in [6.45, 7) is 5.24. The molecular weight excluding hydrogens is 496 g/mol. The summed E-state index contributed by atoms with van der Waals surface area (Å²) in [5.41, 5.74) is 3.99. The van der Waals surface area contributed by atoms with E-state index in [1.807, 2.05) is 56.3 Å². The molecule has 39 heavy (non-hydrogen) atoms. The molecule has 4 aromatic carbocycles. The predicted molar refractivity (Wildman–Crippen MR) is 149 cm³/mol. The van der Waals surface area contributed by atoms with Gasteiger partial charge in [0.1, 0.15) is 35.2 Å². The van der Waals surface area contributed by atoms with Crippen molar-refractivity contribution in [3.63, 3.8) is 0 Å². The van der Waals surface area contributed by atoms with Gasteiger partial charge in [-0.25, -0.2) is 8.78 Å². The second-order valence-corrected chi connectivity index (χ2v) is 10.3. The van der Waals surface area contributed by atoms with Gasteiger partial charge in [0.15, 0.2) is 0 Å². The van der Waals surface area contributed by atoms with E-state index < -0.39 is 17.8 Å². The van der Waals surface area contributed by atoms with Crippen molar-refractivity contribution in [1.82, 2.24) is 0 Å². The van der Waals surface area contributed by atoms with Crippen LogP contribution in [-0.4, -0.2) is 18.3 Å². The van der Waals surface area contributed by atoms with Crippen molar-refractivity contribution in [3.05, 3.63) is 131 Å². The van der Waals surface area contributed by atoms with Crippen LogP contribution >= 0.6 is 0 Å². The van der Waals surface area contributed by atoms with Crippen LogP contribution in [0.25, 0.3) is 0 Å². The topological polar surface area (TPSA) is 39.7 Å². The number of ether oxygens (including phenoxy) is 3. The Hall–Kier alpha value is -3.74. The number of hydrogen-bond donors (Lipinski definition) is 1. The molecule has 0 aliphatic carbocycles. The minimum atomic E-state index is -0.694. The maximum absolute atomic E-state index is 13.8. The molecule has 0 bridgehead atoms. The summed E-state index contributed by atoms with van der Waals surface area (Å²) in [5.74, 6) is 0.183. The molecule has 1 aliphatic rings. The number of nitrogens with one attached hydrogen (secondary N) is 1. The Balaban J connectivity index is 1.39. The molecule has 0 saturated heterocycles. The maximum atomic E-state index is 13.8. The fourth-order valence-electron chi connectivity index (χ4n) is 4.88. The van der Waals surface area contributed by atoms with E-state index in [9.17, 15) is 8.78 Å². The lowest BCUT2D eigenvalue weighted by molar-refractivity contribution is -0.167. The zero-order valence-corrected chi connectivity index (χ0v) is 22.2. The van der Waals surface area contributed by atoms with Crippen LogP contribution in [0.15, 0.2) is 97.1 Å². The fourth-order valence-corrected chi connectivity index (χ4v) is 4.88. The average molecular weight is 530 g/mol. The first-order chi connectivity index (χ1) is 18.9. The Morgan fingerprint density at radius 3 is 2.31 bits per heavy atom. The van der Waals surface area contributed by atoms with Gasteiger partial charge in [-0.3, -0.25) is 0 Å². The molecule has 6 heteroatoms. The second-order valence-electron chi connectivity index (χ2n) is 10.3. The first kappa shape index (κ1) is 26.9. The molecule has 0 radical (unpaired) electrons. The molecule has 202 valence electrons. The molecule has 0 amide bonds. The monoisotopic (exact) mass is 529 g/mol. The third kappa shape index (κ3) is 6.83. The van der Waals surface area contributed by atoms with Crippen molar-refractivity contribution in [1.29, 1.82) is 0 Å². The zero-order chi connectivity index (χ0) is 27.2. The SMILES string of the molecule is CC1(C)Oc2ccc(NCc3ccc(F)cc3)cc2C(OCCc2ccccc2)C1OCc1cccc(F)c1. The Bertz CT molecular complexity index is 1380. The summed E-state index contributed by atoms with van der Waals surface area (Å²) in [6.07, 6.45) is -0.0995.